The highest BCUT2D eigenvalue weighted by molar-refractivity contribution is 5.80. The van der Waals surface area contributed by atoms with E-state index in [-0.39, 0.29) is 6.04 Å². The molecule has 6 N–H and O–H groups in total. The zero-order valence-electron chi connectivity index (χ0n) is 12.7. The molecule has 9 heteroatoms. The number of esters is 2. The van der Waals surface area contributed by atoms with Crippen LogP contribution in [-0.2, 0) is 23.9 Å². The summed E-state index contributed by atoms with van der Waals surface area (Å²) >= 11 is 0. The first-order valence-corrected chi connectivity index (χ1v) is 7.12. The largest absolute Gasteiger partial charge is 0.480 e. The van der Waals surface area contributed by atoms with Crippen LogP contribution in [0.15, 0.2) is 0 Å². The van der Waals surface area contributed by atoms with Gasteiger partial charge in [0, 0.05) is 0 Å². The second-order valence-electron chi connectivity index (χ2n) is 5.32. The summed E-state index contributed by atoms with van der Waals surface area (Å²) in [4.78, 5) is 34.3. The number of nitrogens with one attached hydrogen (secondary N) is 1. The van der Waals surface area contributed by atoms with Crippen molar-refractivity contribution < 1.29 is 29.0 Å². The van der Waals surface area contributed by atoms with Crippen molar-refractivity contribution in [2.24, 2.45) is 11.5 Å². The van der Waals surface area contributed by atoms with Crippen LogP contribution in [0.2, 0.25) is 0 Å². The number of hydrogen-bond acceptors (Lipinski definition) is 8. The lowest BCUT2D eigenvalue weighted by atomic mass is 10.1. The number of carboxylic acid groups (broad SMARTS) is 1. The molecule has 0 unspecified atom stereocenters. The van der Waals surface area contributed by atoms with Gasteiger partial charge in [-0.1, -0.05) is 0 Å². The number of nitrogens with two attached hydrogens (primary N) is 2. The van der Waals surface area contributed by atoms with E-state index in [1.807, 2.05) is 0 Å². The topological polar surface area (TPSA) is 154 Å². The van der Waals surface area contributed by atoms with Crippen LogP contribution in [-0.4, -0.2) is 59.9 Å². The van der Waals surface area contributed by atoms with Gasteiger partial charge in [-0.25, -0.2) is 0 Å². The van der Waals surface area contributed by atoms with Crippen LogP contribution < -0.4 is 16.8 Å². The van der Waals surface area contributed by atoms with Gasteiger partial charge in [-0.2, -0.15) is 0 Å². The summed E-state index contributed by atoms with van der Waals surface area (Å²) in [5.41, 5.74) is 11.0. The quantitative estimate of drug-likeness (QED) is 0.404. The summed E-state index contributed by atoms with van der Waals surface area (Å²) < 4.78 is 10.0. The molecule has 0 aromatic rings. The van der Waals surface area contributed by atoms with E-state index in [4.69, 9.17) is 26.0 Å². The van der Waals surface area contributed by atoms with Crippen molar-refractivity contribution in [3.63, 3.8) is 0 Å². The van der Waals surface area contributed by atoms with Crippen molar-refractivity contribution in [1.29, 1.82) is 0 Å². The van der Waals surface area contributed by atoms with E-state index in [9.17, 15) is 14.4 Å². The molecule has 0 amide bonds. The predicted molar refractivity (Wildman–Crippen MR) is 75.7 cm³/mol. The minimum Gasteiger partial charge on any atom is -0.480 e. The Morgan fingerprint density at radius 1 is 1.14 bits per heavy atom. The molecular formula is C13H23N3O6. The molecule has 1 fully saturated rings. The molecule has 5 atom stereocenters. The Morgan fingerprint density at radius 2 is 1.73 bits per heavy atom. The Morgan fingerprint density at radius 3 is 2.23 bits per heavy atom. The maximum Gasteiger partial charge on any atom is 0.327 e. The Kier molecular flexibility index (Phi) is 6.72. The van der Waals surface area contributed by atoms with Crippen molar-refractivity contribution in [2.75, 3.05) is 6.54 Å². The highest BCUT2D eigenvalue weighted by atomic mass is 16.6. The molecular weight excluding hydrogens is 294 g/mol. The standard InChI is InChI=1S/C13H23N3O6/c1-6(9(14)11(17)18)22-13(20)10(15)7(2)21-12(19)8-4-3-5-16-8/h6-10,16H,3-5,14-15H2,1-2H3,(H,17,18)/t6-,7-,8+,9+,10+/m1/s1. The van der Waals surface area contributed by atoms with E-state index in [2.05, 4.69) is 5.32 Å². The normalized spacial score (nSPS) is 23.2. The second-order valence-corrected chi connectivity index (χ2v) is 5.32. The van der Waals surface area contributed by atoms with Crippen LogP contribution in [0.3, 0.4) is 0 Å². The van der Waals surface area contributed by atoms with Crippen LogP contribution in [0.5, 0.6) is 0 Å². The molecule has 0 aromatic heterocycles. The van der Waals surface area contributed by atoms with Gasteiger partial charge in [0.1, 0.15) is 30.3 Å². The maximum absolute atomic E-state index is 11.8. The zero-order chi connectivity index (χ0) is 16.9. The molecule has 9 nitrogen and oxygen atoms in total. The van der Waals surface area contributed by atoms with Crippen LogP contribution in [0.1, 0.15) is 26.7 Å². The molecule has 0 aliphatic carbocycles. The molecule has 126 valence electrons. The first kappa shape index (κ1) is 18.3. The van der Waals surface area contributed by atoms with E-state index in [0.29, 0.717) is 6.42 Å². The van der Waals surface area contributed by atoms with E-state index in [1.165, 1.54) is 13.8 Å². The van der Waals surface area contributed by atoms with E-state index < -0.39 is 42.2 Å². The molecule has 0 radical (unpaired) electrons. The molecule has 1 aliphatic heterocycles. The lowest BCUT2D eigenvalue weighted by molar-refractivity contribution is -0.161. The molecule has 0 saturated carbocycles. The predicted octanol–water partition coefficient (Wildman–Crippen LogP) is -1.66. The summed E-state index contributed by atoms with van der Waals surface area (Å²) in [6.07, 6.45) is -0.381. The minimum atomic E-state index is -1.35. The fraction of sp³-hybridized carbons (Fsp3) is 0.769. The molecule has 0 spiro atoms. The van der Waals surface area contributed by atoms with Gasteiger partial charge >= 0.3 is 17.9 Å². The van der Waals surface area contributed by atoms with Crippen LogP contribution >= 0.6 is 0 Å². The molecule has 22 heavy (non-hydrogen) atoms. The number of aliphatic carboxylic acids is 1. The monoisotopic (exact) mass is 317 g/mol. The Balaban J connectivity index is 2.47. The molecule has 0 aromatic carbocycles. The number of rotatable bonds is 7. The first-order valence-electron chi connectivity index (χ1n) is 7.12. The van der Waals surface area contributed by atoms with Crippen molar-refractivity contribution in [3.05, 3.63) is 0 Å². The maximum atomic E-state index is 11.8. The number of carbonyl (C=O) groups excluding carboxylic acids is 2. The molecule has 1 aliphatic rings. The molecule has 1 rings (SSSR count). The van der Waals surface area contributed by atoms with Gasteiger partial charge in [-0.05, 0) is 33.2 Å². The summed E-state index contributed by atoms with van der Waals surface area (Å²) in [6, 6.07) is -2.95. The minimum absolute atomic E-state index is 0.384. The summed E-state index contributed by atoms with van der Waals surface area (Å²) in [7, 11) is 0. The second kappa shape index (κ2) is 8.06. The average Bonchev–Trinajstić information content (AvgIpc) is 2.99. The zero-order valence-corrected chi connectivity index (χ0v) is 12.7. The van der Waals surface area contributed by atoms with E-state index >= 15 is 0 Å². The van der Waals surface area contributed by atoms with Crippen LogP contribution in [0.25, 0.3) is 0 Å². The highest BCUT2D eigenvalue weighted by Gasteiger charge is 2.32. The van der Waals surface area contributed by atoms with Gasteiger partial charge in [-0.15, -0.1) is 0 Å². The Hall–Kier alpha value is -1.71. The summed E-state index contributed by atoms with van der Waals surface area (Å²) in [5.74, 6) is -2.63. The van der Waals surface area contributed by atoms with Crippen molar-refractivity contribution in [1.82, 2.24) is 5.32 Å². The molecule has 0 bridgehead atoms. The average molecular weight is 317 g/mol. The summed E-state index contributed by atoms with van der Waals surface area (Å²) in [5, 5.41) is 11.7. The van der Waals surface area contributed by atoms with Gasteiger partial charge in [0.25, 0.3) is 0 Å². The number of carbonyl (C=O) groups is 3. The molecule has 1 saturated heterocycles. The van der Waals surface area contributed by atoms with Crippen LogP contribution in [0.4, 0.5) is 0 Å². The molecule has 1 heterocycles. The third-order valence-corrected chi connectivity index (χ3v) is 3.52. The first-order chi connectivity index (χ1) is 10.2. The Bertz CT molecular complexity index is 424. The van der Waals surface area contributed by atoms with Crippen molar-refractivity contribution >= 4 is 17.9 Å². The van der Waals surface area contributed by atoms with Gasteiger partial charge in [-0.3, -0.25) is 14.4 Å². The van der Waals surface area contributed by atoms with Gasteiger partial charge < -0.3 is 31.4 Å². The number of hydrogen-bond donors (Lipinski definition) is 4. The van der Waals surface area contributed by atoms with Gasteiger partial charge in [0.15, 0.2) is 0 Å². The Labute approximate surface area is 128 Å². The lowest BCUT2D eigenvalue weighted by Gasteiger charge is -2.23. The van der Waals surface area contributed by atoms with Gasteiger partial charge in [0.2, 0.25) is 0 Å². The van der Waals surface area contributed by atoms with Gasteiger partial charge in [0.05, 0.1) is 0 Å². The highest BCUT2D eigenvalue weighted by Crippen LogP contribution is 2.10. The lowest BCUT2D eigenvalue weighted by Crippen LogP contribution is -2.49. The van der Waals surface area contributed by atoms with E-state index in [0.717, 1.165) is 13.0 Å². The fourth-order valence-corrected chi connectivity index (χ4v) is 1.95. The smallest absolute Gasteiger partial charge is 0.327 e. The third kappa shape index (κ3) is 4.93. The third-order valence-electron chi connectivity index (χ3n) is 3.52. The number of ether oxygens (including phenoxy) is 2. The van der Waals surface area contributed by atoms with Crippen molar-refractivity contribution in [3.8, 4) is 0 Å². The van der Waals surface area contributed by atoms with Crippen molar-refractivity contribution in [2.45, 2.75) is 57.0 Å². The summed E-state index contributed by atoms with van der Waals surface area (Å²) in [6.45, 7) is 3.57. The van der Waals surface area contributed by atoms with Crippen LogP contribution in [0, 0.1) is 0 Å². The fourth-order valence-electron chi connectivity index (χ4n) is 1.95. The number of carboxylic acids is 1. The SMILES string of the molecule is C[C@@H](OC(=O)[C@@H](N)[C@@H](C)OC(=O)[C@@H]1CCCN1)[C@H](N)C(=O)O. The van der Waals surface area contributed by atoms with E-state index in [1.54, 1.807) is 0 Å².